The van der Waals surface area contributed by atoms with Crippen molar-refractivity contribution < 1.29 is 18.4 Å². The summed E-state index contributed by atoms with van der Waals surface area (Å²) < 4.78 is 31.9. The maximum Gasteiger partial charge on any atom is 0.747 e. The van der Waals surface area contributed by atoms with E-state index >= 15 is 0 Å². The van der Waals surface area contributed by atoms with Gasteiger partial charge >= 0.3 is 8.25 Å². The first-order valence-electron chi connectivity index (χ1n) is 8.25. The monoisotopic (exact) mass is 359 g/mol. The molecule has 0 aliphatic heterocycles. The molecule has 0 amide bonds. The number of halogens is 1. The van der Waals surface area contributed by atoms with Crippen LogP contribution in [0.25, 0.3) is 22.2 Å². The highest BCUT2D eigenvalue weighted by Crippen LogP contribution is 2.37. The Labute approximate surface area is 145 Å². The topological polar surface area (TPSA) is 64.3 Å². The van der Waals surface area contributed by atoms with Crippen molar-refractivity contribution in [3.63, 3.8) is 0 Å². The van der Waals surface area contributed by atoms with Crippen molar-refractivity contribution in [3.8, 4) is 17.0 Å². The molecule has 0 radical (unpaired) electrons. The second kappa shape index (κ2) is 6.54. The smallest absolute Gasteiger partial charge is 0.258 e. The molecule has 2 aromatic carbocycles. The van der Waals surface area contributed by atoms with E-state index in [0.29, 0.717) is 17.0 Å². The molecular weight excluding hydrogens is 342 g/mol. The fraction of sp³-hybridized carbons (Fsp3) is 0.278. The highest BCUT2D eigenvalue weighted by molar-refractivity contribution is 7.32. The third kappa shape index (κ3) is 3.03. The van der Waals surface area contributed by atoms with Crippen LogP contribution in [0.2, 0.25) is 0 Å². The molecule has 1 saturated carbocycles. The number of rotatable bonds is 4. The van der Waals surface area contributed by atoms with E-state index < -0.39 is 8.25 Å². The average molecular weight is 359 g/mol. The minimum atomic E-state index is -2.69. The Bertz CT molecular complexity index is 933. The third-order valence-electron chi connectivity index (χ3n) is 4.66. The van der Waals surface area contributed by atoms with Crippen LogP contribution in [-0.4, -0.2) is 14.7 Å². The highest BCUT2D eigenvalue weighted by atomic mass is 31.1. The second-order valence-electron chi connectivity index (χ2n) is 6.22. The molecule has 128 valence electrons. The number of aromatic nitrogens is 2. The zero-order valence-corrected chi connectivity index (χ0v) is 14.3. The van der Waals surface area contributed by atoms with Crippen molar-refractivity contribution in [2.45, 2.75) is 31.7 Å². The molecule has 1 aromatic heterocycles. The molecule has 1 unspecified atom stereocenters. The van der Waals surface area contributed by atoms with Gasteiger partial charge in [-0.3, -0.25) is 4.68 Å². The molecule has 25 heavy (non-hydrogen) atoms. The largest absolute Gasteiger partial charge is 0.747 e. The summed E-state index contributed by atoms with van der Waals surface area (Å²) in [6, 6.07) is 12.0. The Morgan fingerprint density at radius 2 is 1.88 bits per heavy atom. The van der Waals surface area contributed by atoms with Gasteiger partial charge in [0.25, 0.3) is 0 Å². The Balaban J connectivity index is 1.82. The predicted octanol–water partition coefficient (Wildman–Crippen LogP) is 4.99. The quantitative estimate of drug-likeness (QED) is 0.667. The van der Waals surface area contributed by atoms with Crippen molar-refractivity contribution in [1.82, 2.24) is 9.78 Å². The van der Waals surface area contributed by atoms with E-state index in [1.165, 1.54) is 6.07 Å². The van der Waals surface area contributed by atoms with Crippen LogP contribution in [0.15, 0.2) is 42.5 Å². The van der Waals surface area contributed by atoms with Crippen LogP contribution >= 0.6 is 8.25 Å². The lowest BCUT2D eigenvalue weighted by atomic mass is 10.1. The molecule has 0 spiro atoms. The molecule has 7 heteroatoms. The first-order valence-corrected chi connectivity index (χ1v) is 9.38. The summed E-state index contributed by atoms with van der Waals surface area (Å²) >= 11 is 0. The van der Waals surface area contributed by atoms with Crippen LogP contribution in [0.5, 0.6) is 5.75 Å². The summed E-state index contributed by atoms with van der Waals surface area (Å²) in [6.45, 7) is 0. The SMILES string of the molecule is O=[P+](O)Oc1ccc(-c2nn(C3CCCC3)c3c(F)cccc23)cc1. The average Bonchev–Trinajstić information content (AvgIpc) is 3.23. The number of benzene rings is 2. The number of hydrogen-bond acceptors (Lipinski definition) is 3. The van der Waals surface area contributed by atoms with Gasteiger partial charge in [0, 0.05) is 15.5 Å². The van der Waals surface area contributed by atoms with Crippen molar-refractivity contribution in [2.24, 2.45) is 0 Å². The van der Waals surface area contributed by atoms with Gasteiger partial charge in [-0.15, -0.1) is 4.89 Å². The predicted molar refractivity (Wildman–Crippen MR) is 93.1 cm³/mol. The van der Waals surface area contributed by atoms with E-state index in [9.17, 15) is 8.96 Å². The van der Waals surface area contributed by atoms with Gasteiger partial charge < -0.3 is 0 Å². The molecule has 1 atom stereocenters. The molecule has 4 rings (SSSR count). The third-order valence-corrected chi connectivity index (χ3v) is 5.03. The van der Waals surface area contributed by atoms with E-state index in [1.54, 1.807) is 30.3 Å². The van der Waals surface area contributed by atoms with Gasteiger partial charge in [0.05, 0.1) is 6.04 Å². The van der Waals surface area contributed by atoms with Gasteiger partial charge in [-0.05, 0) is 43.2 Å². The molecule has 5 nitrogen and oxygen atoms in total. The molecule has 1 aliphatic rings. The van der Waals surface area contributed by atoms with Gasteiger partial charge in [0.15, 0.2) is 5.75 Å². The summed E-state index contributed by atoms with van der Waals surface area (Å²) in [6.07, 6.45) is 4.31. The first kappa shape index (κ1) is 16.2. The Hall–Kier alpha value is -2.30. The van der Waals surface area contributed by atoms with Crippen molar-refractivity contribution >= 4 is 19.2 Å². The maximum absolute atomic E-state index is 14.5. The first-order chi connectivity index (χ1) is 12.1. The van der Waals surface area contributed by atoms with E-state index in [-0.39, 0.29) is 11.9 Å². The lowest BCUT2D eigenvalue weighted by Gasteiger charge is -2.11. The Kier molecular flexibility index (Phi) is 4.24. The van der Waals surface area contributed by atoms with E-state index in [0.717, 1.165) is 36.6 Å². The van der Waals surface area contributed by atoms with Crippen LogP contribution in [0, 0.1) is 5.82 Å². The number of fused-ring (bicyclic) bond motifs is 1. The summed E-state index contributed by atoms with van der Waals surface area (Å²) in [7, 11) is -2.69. The molecule has 0 bridgehead atoms. The minimum absolute atomic E-state index is 0.231. The number of para-hydroxylation sites is 1. The van der Waals surface area contributed by atoms with Crippen molar-refractivity contribution in [1.29, 1.82) is 0 Å². The molecule has 1 N–H and O–H groups in total. The lowest BCUT2D eigenvalue weighted by Crippen LogP contribution is -2.07. The summed E-state index contributed by atoms with van der Waals surface area (Å²) in [5.74, 6) is 0.0402. The Morgan fingerprint density at radius 1 is 1.16 bits per heavy atom. The van der Waals surface area contributed by atoms with Gasteiger partial charge in [-0.1, -0.05) is 25.0 Å². The highest BCUT2D eigenvalue weighted by Gasteiger charge is 2.24. The van der Waals surface area contributed by atoms with Crippen LogP contribution in [0.3, 0.4) is 0 Å². The van der Waals surface area contributed by atoms with Crippen molar-refractivity contribution in [3.05, 3.63) is 48.3 Å². The fourth-order valence-electron chi connectivity index (χ4n) is 3.54. The van der Waals surface area contributed by atoms with Crippen LogP contribution < -0.4 is 4.52 Å². The standard InChI is InChI=1S/C18H16FN2O3P/c19-16-7-3-6-15-17(12-8-10-14(11-9-12)24-25(22)23)20-21(18(15)16)13-4-1-2-5-13/h3,6-11,13H,1-2,4-5H2/p+1. The lowest BCUT2D eigenvalue weighted by molar-refractivity contribution is 0.410. The summed E-state index contributed by atoms with van der Waals surface area (Å²) in [5.41, 5.74) is 2.07. The van der Waals surface area contributed by atoms with Gasteiger partial charge in [-0.2, -0.15) is 5.10 Å². The molecule has 1 aliphatic carbocycles. The molecular formula is C18H17FN2O3P+. The molecule has 1 heterocycles. The van der Waals surface area contributed by atoms with Gasteiger partial charge in [-0.25, -0.2) is 8.91 Å². The van der Waals surface area contributed by atoms with Gasteiger partial charge in [0.1, 0.15) is 17.0 Å². The molecule has 1 fully saturated rings. The number of hydrogen-bond donors (Lipinski definition) is 1. The zero-order valence-electron chi connectivity index (χ0n) is 13.4. The Morgan fingerprint density at radius 3 is 2.56 bits per heavy atom. The summed E-state index contributed by atoms with van der Waals surface area (Å²) in [5, 5.41) is 5.49. The van der Waals surface area contributed by atoms with Crippen LogP contribution in [0.4, 0.5) is 4.39 Å². The summed E-state index contributed by atoms with van der Waals surface area (Å²) in [4.78, 5) is 8.82. The molecule has 0 saturated heterocycles. The normalized spacial score (nSPS) is 15.7. The van der Waals surface area contributed by atoms with Crippen LogP contribution in [0.1, 0.15) is 31.7 Å². The second-order valence-corrected chi connectivity index (χ2v) is 6.88. The number of nitrogens with zero attached hydrogens (tertiary/aromatic N) is 2. The maximum atomic E-state index is 14.5. The fourth-order valence-corrected chi connectivity index (χ4v) is 3.84. The minimum Gasteiger partial charge on any atom is -0.258 e. The molecule has 3 aromatic rings. The zero-order chi connectivity index (χ0) is 17.4. The van der Waals surface area contributed by atoms with E-state index in [4.69, 9.17) is 14.5 Å². The van der Waals surface area contributed by atoms with Crippen molar-refractivity contribution in [2.75, 3.05) is 0 Å². The van der Waals surface area contributed by atoms with E-state index in [1.807, 2.05) is 10.7 Å². The van der Waals surface area contributed by atoms with Gasteiger partial charge in [0.2, 0.25) is 0 Å². The van der Waals surface area contributed by atoms with E-state index in [2.05, 4.69) is 0 Å². The van der Waals surface area contributed by atoms with Crippen LogP contribution in [-0.2, 0) is 4.57 Å².